The average Bonchev–Trinajstić information content (AvgIpc) is 2.45. The van der Waals surface area contributed by atoms with Crippen molar-refractivity contribution in [1.82, 2.24) is 5.32 Å². The number of fused-ring (bicyclic) bond motifs is 1. The van der Waals surface area contributed by atoms with E-state index in [1.165, 1.54) is 0 Å². The summed E-state index contributed by atoms with van der Waals surface area (Å²) < 4.78 is 24.0. The molecular weight excluding hydrogens is 274 g/mol. The van der Waals surface area contributed by atoms with Gasteiger partial charge in [0, 0.05) is 12.6 Å². The molecule has 0 saturated carbocycles. The van der Waals surface area contributed by atoms with E-state index in [-0.39, 0.29) is 18.4 Å². The van der Waals surface area contributed by atoms with Gasteiger partial charge >= 0.3 is 0 Å². The van der Waals surface area contributed by atoms with Crippen molar-refractivity contribution in [3.8, 4) is 0 Å². The third kappa shape index (κ3) is 3.81. The summed E-state index contributed by atoms with van der Waals surface area (Å²) in [5.74, 6) is 0.228. The molecule has 0 radical (unpaired) electrons. The van der Waals surface area contributed by atoms with Crippen LogP contribution < -0.4 is 5.32 Å². The summed E-state index contributed by atoms with van der Waals surface area (Å²) >= 11 is 0. The zero-order valence-electron chi connectivity index (χ0n) is 11.7. The van der Waals surface area contributed by atoms with Crippen LogP contribution in [0.15, 0.2) is 29.2 Å². The minimum absolute atomic E-state index is 0.146. The smallest absolute Gasteiger partial charge is 0.178 e. The summed E-state index contributed by atoms with van der Waals surface area (Å²) in [7, 11) is -3.09. The fourth-order valence-corrected chi connectivity index (χ4v) is 4.29. The summed E-state index contributed by atoms with van der Waals surface area (Å²) in [5, 5.41) is 12.2. The second kappa shape index (κ2) is 7.20. The summed E-state index contributed by atoms with van der Waals surface area (Å²) in [6.07, 6.45) is 4.72. The van der Waals surface area contributed by atoms with Crippen LogP contribution in [0, 0.1) is 0 Å². The van der Waals surface area contributed by atoms with E-state index >= 15 is 0 Å². The van der Waals surface area contributed by atoms with Crippen molar-refractivity contribution < 1.29 is 13.5 Å². The van der Waals surface area contributed by atoms with Crippen molar-refractivity contribution in [2.45, 2.75) is 43.0 Å². The van der Waals surface area contributed by atoms with Gasteiger partial charge in [-0.1, -0.05) is 31.0 Å². The van der Waals surface area contributed by atoms with Crippen LogP contribution in [0.4, 0.5) is 0 Å². The molecule has 1 unspecified atom stereocenters. The van der Waals surface area contributed by atoms with Crippen molar-refractivity contribution in [1.29, 1.82) is 0 Å². The molecule has 0 aliphatic carbocycles. The number of sulfone groups is 1. The molecule has 112 valence electrons. The Morgan fingerprint density at radius 2 is 1.90 bits per heavy atom. The Bertz CT molecular complexity index is 528. The molecule has 4 nitrogen and oxygen atoms in total. The lowest BCUT2D eigenvalue weighted by atomic mass is 10.0. The third-order valence-corrected chi connectivity index (χ3v) is 5.60. The molecule has 20 heavy (non-hydrogen) atoms. The van der Waals surface area contributed by atoms with Gasteiger partial charge in [0.2, 0.25) is 0 Å². The zero-order valence-corrected chi connectivity index (χ0v) is 12.5. The van der Waals surface area contributed by atoms with Crippen LogP contribution in [0.25, 0.3) is 0 Å². The van der Waals surface area contributed by atoms with Crippen LogP contribution >= 0.6 is 0 Å². The molecular formula is C15H23NO3S. The summed E-state index contributed by atoms with van der Waals surface area (Å²) in [6.45, 7) is 1.16. The Labute approximate surface area is 121 Å². The van der Waals surface area contributed by atoms with Crippen LogP contribution in [0.2, 0.25) is 0 Å². The van der Waals surface area contributed by atoms with Gasteiger partial charge in [-0.15, -0.1) is 0 Å². The predicted octanol–water partition coefficient (Wildman–Crippen LogP) is 2.05. The van der Waals surface area contributed by atoms with Gasteiger partial charge in [0.05, 0.1) is 10.6 Å². The third-order valence-electron chi connectivity index (χ3n) is 3.78. The second-order valence-corrected chi connectivity index (χ2v) is 7.37. The molecule has 0 aromatic heterocycles. The van der Waals surface area contributed by atoms with Crippen molar-refractivity contribution in [3.05, 3.63) is 29.8 Å². The average molecular weight is 297 g/mol. The fourth-order valence-electron chi connectivity index (χ4n) is 2.67. The van der Waals surface area contributed by atoms with Crippen LogP contribution in [0.5, 0.6) is 0 Å². The number of hydrogen-bond donors (Lipinski definition) is 2. The van der Waals surface area contributed by atoms with Crippen molar-refractivity contribution in [2.24, 2.45) is 0 Å². The van der Waals surface area contributed by atoms with E-state index in [9.17, 15) is 8.42 Å². The van der Waals surface area contributed by atoms with Crippen LogP contribution in [-0.4, -0.2) is 32.4 Å². The number of hydrogen-bond acceptors (Lipinski definition) is 4. The SMILES string of the molecule is O=S1(=O)CCC(NCCCCCCO)c2ccccc21. The van der Waals surface area contributed by atoms with E-state index in [2.05, 4.69) is 5.32 Å². The summed E-state index contributed by atoms with van der Waals surface area (Å²) in [5.41, 5.74) is 0.911. The largest absolute Gasteiger partial charge is 0.396 e. The number of unbranched alkanes of at least 4 members (excludes halogenated alkanes) is 3. The Hall–Kier alpha value is -0.910. The topological polar surface area (TPSA) is 66.4 Å². The number of benzene rings is 1. The quantitative estimate of drug-likeness (QED) is 0.756. The van der Waals surface area contributed by atoms with E-state index < -0.39 is 9.84 Å². The van der Waals surface area contributed by atoms with Crippen molar-refractivity contribution in [2.75, 3.05) is 18.9 Å². The first-order chi connectivity index (χ1) is 9.65. The molecule has 1 aromatic rings. The molecule has 1 aliphatic heterocycles. The fraction of sp³-hybridized carbons (Fsp3) is 0.600. The number of rotatable bonds is 7. The summed E-state index contributed by atoms with van der Waals surface area (Å²) in [6, 6.07) is 7.45. The molecule has 2 N–H and O–H groups in total. The van der Waals surface area contributed by atoms with E-state index in [4.69, 9.17) is 5.11 Å². The van der Waals surface area contributed by atoms with E-state index in [1.807, 2.05) is 12.1 Å². The molecule has 2 rings (SSSR count). The maximum absolute atomic E-state index is 12.0. The number of aliphatic hydroxyl groups is 1. The summed E-state index contributed by atoms with van der Waals surface area (Å²) in [4.78, 5) is 0.490. The Morgan fingerprint density at radius 3 is 2.70 bits per heavy atom. The van der Waals surface area contributed by atoms with Gasteiger partial charge < -0.3 is 10.4 Å². The highest BCUT2D eigenvalue weighted by atomic mass is 32.2. The first-order valence-electron chi connectivity index (χ1n) is 7.31. The van der Waals surface area contributed by atoms with Crippen LogP contribution in [0.3, 0.4) is 0 Å². The highest BCUT2D eigenvalue weighted by molar-refractivity contribution is 7.91. The lowest BCUT2D eigenvalue weighted by Gasteiger charge is -2.26. The maximum atomic E-state index is 12.0. The maximum Gasteiger partial charge on any atom is 0.178 e. The van der Waals surface area contributed by atoms with Gasteiger partial charge in [0.1, 0.15) is 0 Å². The molecule has 1 heterocycles. The van der Waals surface area contributed by atoms with E-state index in [1.54, 1.807) is 12.1 Å². The molecule has 0 amide bonds. The molecule has 5 heteroatoms. The molecule has 1 atom stereocenters. The first kappa shape index (κ1) is 15.5. The van der Waals surface area contributed by atoms with Crippen molar-refractivity contribution >= 4 is 9.84 Å². The molecule has 0 fully saturated rings. The molecule has 0 spiro atoms. The minimum Gasteiger partial charge on any atom is -0.396 e. The second-order valence-electron chi connectivity index (χ2n) is 5.29. The minimum atomic E-state index is -3.09. The Morgan fingerprint density at radius 1 is 1.15 bits per heavy atom. The molecule has 1 aromatic carbocycles. The Balaban J connectivity index is 1.91. The normalized spacial score (nSPS) is 20.6. The van der Waals surface area contributed by atoms with Gasteiger partial charge in [-0.2, -0.15) is 0 Å². The van der Waals surface area contributed by atoms with Crippen LogP contribution in [-0.2, 0) is 9.84 Å². The highest BCUT2D eigenvalue weighted by Gasteiger charge is 2.29. The lowest BCUT2D eigenvalue weighted by molar-refractivity contribution is 0.282. The van der Waals surface area contributed by atoms with Gasteiger partial charge in [-0.05, 0) is 37.4 Å². The van der Waals surface area contributed by atoms with Gasteiger partial charge in [0.15, 0.2) is 9.84 Å². The number of aliphatic hydroxyl groups excluding tert-OH is 1. The molecule has 0 bridgehead atoms. The lowest BCUT2D eigenvalue weighted by Crippen LogP contribution is -2.30. The first-order valence-corrected chi connectivity index (χ1v) is 8.96. The zero-order chi connectivity index (χ0) is 14.4. The van der Waals surface area contributed by atoms with Gasteiger partial charge in [-0.3, -0.25) is 0 Å². The van der Waals surface area contributed by atoms with Gasteiger partial charge in [0.25, 0.3) is 0 Å². The van der Waals surface area contributed by atoms with Gasteiger partial charge in [-0.25, -0.2) is 8.42 Å². The number of nitrogens with one attached hydrogen (secondary N) is 1. The Kier molecular flexibility index (Phi) is 5.57. The van der Waals surface area contributed by atoms with E-state index in [0.29, 0.717) is 11.3 Å². The standard InChI is InChI=1S/C15H23NO3S/c17-11-6-2-1-5-10-16-14-9-12-20(18,19)15-8-4-3-7-13(14)15/h3-4,7-8,14,16-17H,1-2,5-6,9-12H2. The molecule has 1 aliphatic rings. The highest BCUT2D eigenvalue weighted by Crippen LogP contribution is 2.31. The van der Waals surface area contributed by atoms with Crippen molar-refractivity contribution in [3.63, 3.8) is 0 Å². The molecule has 0 saturated heterocycles. The van der Waals surface area contributed by atoms with Crippen LogP contribution in [0.1, 0.15) is 43.7 Å². The predicted molar refractivity (Wildman–Crippen MR) is 79.4 cm³/mol. The monoisotopic (exact) mass is 297 g/mol. The van der Waals surface area contributed by atoms with E-state index in [0.717, 1.165) is 37.8 Å².